The van der Waals surface area contributed by atoms with Gasteiger partial charge in [0.15, 0.2) is 11.5 Å². The van der Waals surface area contributed by atoms with Crippen molar-refractivity contribution in [1.82, 2.24) is 4.98 Å². The second kappa shape index (κ2) is 5.40. The van der Waals surface area contributed by atoms with Crippen LogP contribution in [0.1, 0.15) is 0 Å². The summed E-state index contributed by atoms with van der Waals surface area (Å²) in [7, 11) is 4.94. The zero-order chi connectivity index (χ0) is 14.8. The number of nitrogens with one attached hydrogen (secondary N) is 1. The SMILES string of the molecule is COc1ccc2[nH]c(-c3ccc(OC)c(OC)c3)cc2c1. The quantitative estimate of drug-likeness (QED) is 0.790. The van der Waals surface area contributed by atoms with Gasteiger partial charge in [-0.3, -0.25) is 0 Å². The molecule has 4 nitrogen and oxygen atoms in total. The number of fused-ring (bicyclic) bond motifs is 1. The Hall–Kier alpha value is -2.62. The molecule has 4 heteroatoms. The zero-order valence-electron chi connectivity index (χ0n) is 12.3. The maximum atomic E-state index is 5.35. The summed E-state index contributed by atoms with van der Waals surface area (Å²) in [5, 5.41) is 1.11. The molecule has 3 rings (SSSR count). The molecule has 0 atom stereocenters. The molecular weight excluding hydrogens is 266 g/mol. The third kappa shape index (κ3) is 2.40. The Morgan fingerprint density at radius 3 is 2.29 bits per heavy atom. The van der Waals surface area contributed by atoms with Gasteiger partial charge in [-0.25, -0.2) is 0 Å². The number of aromatic amines is 1. The van der Waals surface area contributed by atoms with Gasteiger partial charge >= 0.3 is 0 Å². The number of hydrogen-bond acceptors (Lipinski definition) is 3. The van der Waals surface area contributed by atoms with Crippen molar-refractivity contribution < 1.29 is 14.2 Å². The van der Waals surface area contributed by atoms with E-state index in [4.69, 9.17) is 14.2 Å². The topological polar surface area (TPSA) is 43.5 Å². The summed E-state index contributed by atoms with van der Waals surface area (Å²) < 4.78 is 15.9. The maximum absolute atomic E-state index is 5.35. The molecule has 0 unspecified atom stereocenters. The molecule has 0 radical (unpaired) electrons. The first-order valence-electron chi connectivity index (χ1n) is 6.64. The van der Waals surface area contributed by atoms with Gasteiger partial charge in [-0.2, -0.15) is 0 Å². The van der Waals surface area contributed by atoms with E-state index in [-0.39, 0.29) is 0 Å². The lowest BCUT2D eigenvalue weighted by Gasteiger charge is -2.08. The smallest absolute Gasteiger partial charge is 0.161 e. The molecule has 0 aliphatic heterocycles. The van der Waals surface area contributed by atoms with E-state index in [2.05, 4.69) is 11.1 Å². The van der Waals surface area contributed by atoms with E-state index in [1.165, 1.54) is 0 Å². The first-order chi connectivity index (χ1) is 10.2. The van der Waals surface area contributed by atoms with Crippen LogP contribution in [0.4, 0.5) is 0 Å². The van der Waals surface area contributed by atoms with Crippen molar-refractivity contribution in [2.24, 2.45) is 0 Å². The third-order valence-corrected chi connectivity index (χ3v) is 3.52. The van der Waals surface area contributed by atoms with Crippen LogP contribution in [-0.4, -0.2) is 26.3 Å². The highest BCUT2D eigenvalue weighted by Gasteiger charge is 2.09. The number of hydrogen-bond donors (Lipinski definition) is 1. The van der Waals surface area contributed by atoms with E-state index in [0.29, 0.717) is 5.75 Å². The summed E-state index contributed by atoms with van der Waals surface area (Å²) in [5.41, 5.74) is 3.14. The summed E-state index contributed by atoms with van der Waals surface area (Å²) in [6.07, 6.45) is 0. The van der Waals surface area contributed by atoms with Crippen LogP contribution in [0.5, 0.6) is 17.2 Å². The lowest BCUT2D eigenvalue weighted by Crippen LogP contribution is -1.90. The van der Waals surface area contributed by atoms with Gasteiger partial charge in [0.1, 0.15) is 5.75 Å². The fourth-order valence-corrected chi connectivity index (χ4v) is 2.40. The molecule has 1 heterocycles. The monoisotopic (exact) mass is 283 g/mol. The molecule has 2 aromatic carbocycles. The van der Waals surface area contributed by atoms with E-state index >= 15 is 0 Å². The summed E-state index contributed by atoms with van der Waals surface area (Å²) in [6.45, 7) is 0. The highest BCUT2D eigenvalue weighted by atomic mass is 16.5. The molecule has 0 saturated heterocycles. The Balaban J connectivity index is 2.07. The third-order valence-electron chi connectivity index (χ3n) is 3.52. The van der Waals surface area contributed by atoms with Crippen molar-refractivity contribution in [3.63, 3.8) is 0 Å². The van der Waals surface area contributed by atoms with E-state index in [0.717, 1.165) is 33.7 Å². The van der Waals surface area contributed by atoms with Crippen molar-refractivity contribution >= 4 is 10.9 Å². The average Bonchev–Trinajstić information content (AvgIpc) is 2.96. The van der Waals surface area contributed by atoms with Crippen molar-refractivity contribution in [2.75, 3.05) is 21.3 Å². The molecule has 0 spiro atoms. The number of methoxy groups -OCH3 is 3. The van der Waals surface area contributed by atoms with Crippen LogP contribution < -0.4 is 14.2 Å². The second-order valence-electron chi connectivity index (χ2n) is 4.71. The first kappa shape index (κ1) is 13.4. The lowest BCUT2D eigenvalue weighted by atomic mass is 10.1. The van der Waals surface area contributed by atoms with Crippen LogP contribution in [-0.2, 0) is 0 Å². The van der Waals surface area contributed by atoms with Gasteiger partial charge in [-0.15, -0.1) is 0 Å². The second-order valence-corrected chi connectivity index (χ2v) is 4.71. The minimum absolute atomic E-state index is 0.714. The molecule has 0 bridgehead atoms. The lowest BCUT2D eigenvalue weighted by molar-refractivity contribution is 0.355. The molecule has 1 N–H and O–H groups in total. The highest BCUT2D eigenvalue weighted by Crippen LogP contribution is 2.33. The van der Waals surface area contributed by atoms with Crippen LogP contribution in [0.15, 0.2) is 42.5 Å². The molecule has 0 amide bonds. The number of rotatable bonds is 4. The van der Waals surface area contributed by atoms with Gasteiger partial charge in [0.25, 0.3) is 0 Å². The Morgan fingerprint density at radius 2 is 1.57 bits per heavy atom. The molecule has 0 saturated carbocycles. The van der Waals surface area contributed by atoms with Crippen molar-refractivity contribution in [1.29, 1.82) is 0 Å². The van der Waals surface area contributed by atoms with Gasteiger partial charge in [0, 0.05) is 22.2 Å². The summed E-state index contributed by atoms with van der Waals surface area (Å²) in [6, 6.07) is 13.9. The predicted molar refractivity (Wildman–Crippen MR) is 83.4 cm³/mol. The Morgan fingerprint density at radius 1 is 0.762 bits per heavy atom. The van der Waals surface area contributed by atoms with Gasteiger partial charge in [-0.1, -0.05) is 0 Å². The van der Waals surface area contributed by atoms with Crippen LogP contribution in [0.3, 0.4) is 0 Å². The van der Waals surface area contributed by atoms with Gasteiger partial charge in [0.05, 0.1) is 21.3 Å². The number of ether oxygens (including phenoxy) is 3. The Labute approximate surface area is 123 Å². The van der Waals surface area contributed by atoms with Gasteiger partial charge in [-0.05, 0) is 42.5 Å². The van der Waals surface area contributed by atoms with Crippen molar-refractivity contribution in [3.05, 3.63) is 42.5 Å². The maximum Gasteiger partial charge on any atom is 0.161 e. The summed E-state index contributed by atoms with van der Waals surface area (Å²) in [4.78, 5) is 3.40. The number of benzene rings is 2. The fraction of sp³-hybridized carbons (Fsp3) is 0.176. The summed E-state index contributed by atoms with van der Waals surface area (Å²) >= 11 is 0. The van der Waals surface area contributed by atoms with E-state index < -0.39 is 0 Å². The molecule has 108 valence electrons. The standard InChI is InChI=1S/C17H17NO3/c1-19-13-5-6-14-12(8-13)9-15(18-14)11-4-7-16(20-2)17(10-11)21-3/h4-10,18H,1-3H3. The van der Waals surface area contributed by atoms with Crippen molar-refractivity contribution in [2.45, 2.75) is 0 Å². The van der Waals surface area contributed by atoms with E-state index in [1.54, 1.807) is 21.3 Å². The van der Waals surface area contributed by atoms with Crippen LogP contribution in [0, 0.1) is 0 Å². The molecule has 1 aromatic heterocycles. The largest absolute Gasteiger partial charge is 0.497 e. The Kier molecular flexibility index (Phi) is 3.44. The minimum atomic E-state index is 0.714. The van der Waals surface area contributed by atoms with Gasteiger partial charge < -0.3 is 19.2 Å². The average molecular weight is 283 g/mol. The number of H-pyrrole nitrogens is 1. The molecule has 0 aliphatic rings. The van der Waals surface area contributed by atoms with Crippen LogP contribution >= 0.6 is 0 Å². The molecule has 3 aromatic rings. The van der Waals surface area contributed by atoms with Crippen LogP contribution in [0.2, 0.25) is 0 Å². The van der Waals surface area contributed by atoms with Crippen molar-refractivity contribution in [3.8, 4) is 28.5 Å². The zero-order valence-corrected chi connectivity index (χ0v) is 12.3. The van der Waals surface area contributed by atoms with E-state index in [1.807, 2.05) is 36.4 Å². The number of aromatic nitrogens is 1. The molecule has 0 fully saturated rings. The first-order valence-corrected chi connectivity index (χ1v) is 6.64. The van der Waals surface area contributed by atoms with Gasteiger partial charge in [0.2, 0.25) is 0 Å². The van der Waals surface area contributed by atoms with Crippen LogP contribution in [0.25, 0.3) is 22.2 Å². The molecular formula is C17H17NO3. The van der Waals surface area contributed by atoms with E-state index in [9.17, 15) is 0 Å². The fourth-order valence-electron chi connectivity index (χ4n) is 2.40. The normalized spacial score (nSPS) is 10.6. The summed E-state index contributed by atoms with van der Waals surface area (Å²) in [5.74, 6) is 2.28. The molecule has 0 aliphatic carbocycles. The predicted octanol–water partition coefficient (Wildman–Crippen LogP) is 3.86. The minimum Gasteiger partial charge on any atom is -0.497 e. The highest BCUT2D eigenvalue weighted by molar-refractivity contribution is 5.87. The Bertz CT molecular complexity index is 777. The molecule has 21 heavy (non-hydrogen) atoms.